The zero-order chi connectivity index (χ0) is 12.7. The molecule has 1 heterocycles. The fourth-order valence-corrected chi connectivity index (χ4v) is 1.51. The van der Waals surface area contributed by atoms with E-state index in [1.807, 2.05) is 34.0 Å². The van der Waals surface area contributed by atoms with Crippen molar-refractivity contribution < 1.29 is 4.74 Å². The number of aromatic nitrogens is 2. The highest BCUT2D eigenvalue weighted by Crippen LogP contribution is 2.16. The second-order valence-electron chi connectivity index (χ2n) is 3.85. The number of aryl methyl sites for hydroxylation is 1. The van der Waals surface area contributed by atoms with Crippen LogP contribution in [0.4, 0.5) is 11.8 Å². The van der Waals surface area contributed by atoms with Crippen LogP contribution in [-0.4, -0.2) is 43.3 Å². The lowest BCUT2D eigenvalue weighted by Crippen LogP contribution is -2.25. The molecule has 0 fully saturated rings. The quantitative estimate of drug-likeness (QED) is 0.733. The van der Waals surface area contributed by atoms with Gasteiger partial charge in [-0.2, -0.15) is 4.98 Å². The van der Waals surface area contributed by atoms with E-state index in [1.54, 1.807) is 0 Å². The van der Waals surface area contributed by atoms with Gasteiger partial charge in [-0.15, -0.1) is 0 Å². The minimum atomic E-state index is 0.677. The van der Waals surface area contributed by atoms with Gasteiger partial charge in [0.05, 0.1) is 6.61 Å². The van der Waals surface area contributed by atoms with Gasteiger partial charge in [-0.3, -0.25) is 0 Å². The minimum absolute atomic E-state index is 0.677. The highest BCUT2D eigenvalue weighted by atomic mass is 16.5. The van der Waals surface area contributed by atoms with Gasteiger partial charge in [-0.25, -0.2) is 4.98 Å². The highest BCUT2D eigenvalue weighted by Gasteiger charge is 2.08. The average Bonchev–Trinajstić information content (AvgIpc) is 2.32. The number of likely N-dealkylation sites (N-methyl/N-ethyl adjacent to an activating group) is 1. The van der Waals surface area contributed by atoms with Crippen molar-refractivity contribution in [2.45, 2.75) is 20.8 Å². The van der Waals surface area contributed by atoms with Crippen molar-refractivity contribution in [1.82, 2.24) is 9.97 Å². The second-order valence-corrected chi connectivity index (χ2v) is 3.85. The summed E-state index contributed by atoms with van der Waals surface area (Å²) < 4.78 is 5.34. The lowest BCUT2D eigenvalue weighted by molar-refractivity contribution is 0.154. The summed E-state index contributed by atoms with van der Waals surface area (Å²) in [4.78, 5) is 10.8. The molecule has 17 heavy (non-hydrogen) atoms. The molecule has 1 aromatic rings. The molecule has 0 unspecified atom stereocenters. The van der Waals surface area contributed by atoms with Crippen LogP contribution in [0.15, 0.2) is 6.20 Å². The van der Waals surface area contributed by atoms with E-state index in [2.05, 4.69) is 20.2 Å². The van der Waals surface area contributed by atoms with E-state index in [4.69, 9.17) is 4.74 Å². The molecule has 0 aliphatic heterocycles. The Hall–Kier alpha value is -1.36. The standard InChI is InChI=1S/C12H22N4O/c1-5-13-12-14-9-10(3)11(15-12)16(4)7-8-17-6-2/h9H,5-8H2,1-4H3,(H,13,14,15). The number of rotatable bonds is 7. The molecular formula is C12H22N4O. The summed E-state index contributed by atoms with van der Waals surface area (Å²) in [5.41, 5.74) is 1.07. The number of anilines is 2. The smallest absolute Gasteiger partial charge is 0.224 e. The molecular weight excluding hydrogens is 216 g/mol. The summed E-state index contributed by atoms with van der Waals surface area (Å²) in [7, 11) is 2.02. The van der Waals surface area contributed by atoms with E-state index < -0.39 is 0 Å². The van der Waals surface area contributed by atoms with Crippen LogP contribution in [0.3, 0.4) is 0 Å². The SMILES string of the molecule is CCNc1ncc(C)c(N(C)CCOCC)n1. The monoisotopic (exact) mass is 238 g/mol. The van der Waals surface area contributed by atoms with E-state index in [1.165, 1.54) is 0 Å². The maximum absolute atomic E-state index is 5.34. The summed E-state index contributed by atoms with van der Waals surface area (Å²) in [6.45, 7) is 9.16. The van der Waals surface area contributed by atoms with Crippen LogP contribution in [0.2, 0.25) is 0 Å². The van der Waals surface area contributed by atoms with E-state index in [9.17, 15) is 0 Å². The lowest BCUT2D eigenvalue weighted by atomic mass is 10.3. The van der Waals surface area contributed by atoms with Crippen LogP contribution >= 0.6 is 0 Å². The van der Waals surface area contributed by atoms with Crippen molar-refractivity contribution in [3.63, 3.8) is 0 Å². The lowest BCUT2D eigenvalue weighted by Gasteiger charge is -2.20. The Balaban J connectivity index is 2.69. The van der Waals surface area contributed by atoms with Crippen molar-refractivity contribution in [2.75, 3.05) is 43.6 Å². The van der Waals surface area contributed by atoms with Crippen LogP contribution in [0.25, 0.3) is 0 Å². The molecule has 0 atom stereocenters. The largest absolute Gasteiger partial charge is 0.380 e. The molecule has 1 N–H and O–H groups in total. The van der Waals surface area contributed by atoms with Crippen LogP contribution in [0, 0.1) is 6.92 Å². The first-order chi connectivity index (χ1) is 8.19. The number of hydrogen-bond donors (Lipinski definition) is 1. The molecule has 0 aliphatic rings. The van der Waals surface area contributed by atoms with Gasteiger partial charge in [0.2, 0.25) is 5.95 Å². The summed E-state index contributed by atoms with van der Waals surface area (Å²) in [6, 6.07) is 0. The van der Waals surface area contributed by atoms with Gasteiger partial charge < -0.3 is 15.0 Å². The topological polar surface area (TPSA) is 50.3 Å². The third-order valence-electron chi connectivity index (χ3n) is 2.42. The van der Waals surface area contributed by atoms with E-state index >= 15 is 0 Å². The van der Waals surface area contributed by atoms with Crippen LogP contribution < -0.4 is 10.2 Å². The molecule has 0 aromatic carbocycles. The molecule has 0 radical (unpaired) electrons. The fraction of sp³-hybridized carbons (Fsp3) is 0.667. The molecule has 5 nitrogen and oxygen atoms in total. The first-order valence-electron chi connectivity index (χ1n) is 6.05. The van der Waals surface area contributed by atoms with Gasteiger partial charge in [-0.05, 0) is 20.8 Å². The molecule has 0 bridgehead atoms. The van der Waals surface area contributed by atoms with E-state index in [0.717, 1.165) is 31.1 Å². The molecule has 0 aliphatic carbocycles. The normalized spacial score (nSPS) is 10.4. The molecule has 1 rings (SSSR count). The predicted molar refractivity (Wildman–Crippen MR) is 70.7 cm³/mol. The Labute approximate surface area is 103 Å². The third-order valence-corrected chi connectivity index (χ3v) is 2.42. The van der Waals surface area contributed by atoms with Crippen molar-refractivity contribution >= 4 is 11.8 Å². The highest BCUT2D eigenvalue weighted by molar-refractivity contribution is 5.48. The zero-order valence-corrected chi connectivity index (χ0v) is 11.2. The summed E-state index contributed by atoms with van der Waals surface area (Å²) in [5, 5.41) is 3.12. The maximum atomic E-state index is 5.34. The average molecular weight is 238 g/mol. The number of ether oxygens (including phenoxy) is 1. The molecule has 0 saturated heterocycles. The van der Waals surface area contributed by atoms with Gasteiger partial charge in [0.1, 0.15) is 5.82 Å². The Kier molecular flexibility index (Phi) is 5.69. The molecule has 0 spiro atoms. The number of nitrogens with one attached hydrogen (secondary N) is 1. The molecule has 1 aromatic heterocycles. The predicted octanol–water partition coefficient (Wildman–Crippen LogP) is 1.69. The molecule has 0 amide bonds. The Morgan fingerprint density at radius 3 is 2.82 bits per heavy atom. The molecule has 0 saturated carbocycles. The van der Waals surface area contributed by atoms with Crippen LogP contribution in [-0.2, 0) is 4.74 Å². The number of hydrogen-bond acceptors (Lipinski definition) is 5. The Morgan fingerprint density at radius 1 is 1.41 bits per heavy atom. The zero-order valence-electron chi connectivity index (χ0n) is 11.2. The van der Waals surface area contributed by atoms with E-state index in [-0.39, 0.29) is 0 Å². The fourth-order valence-electron chi connectivity index (χ4n) is 1.51. The first kappa shape index (κ1) is 13.7. The summed E-state index contributed by atoms with van der Waals surface area (Å²) in [6.07, 6.45) is 1.84. The number of nitrogens with zero attached hydrogens (tertiary/aromatic N) is 3. The van der Waals surface area contributed by atoms with Gasteiger partial charge in [-0.1, -0.05) is 0 Å². The Bertz CT molecular complexity index is 343. The van der Waals surface area contributed by atoms with E-state index in [0.29, 0.717) is 12.6 Å². The van der Waals surface area contributed by atoms with Crippen molar-refractivity contribution in [3.05, 3.63) is 11.8 Å². The van der Waals surface area contributed by atoms with Crippen molar-refractivity contribution in [1.29, 1.82) is 0 Å². The third kappa shape index (κ3) is 4.19. The van der Waals surface area contributed by atoms with Gasteiger partial charge in [0.25, 0.3) is 0 Å². The van der Waals surface area contributed by atoms with Gasteiger partial charge >= 0.3 is 0 Å². The minimum Gasteiger partial charge on any atom is -0.380 e. The van der Waals surface area contributed by atoms with Crippen LogP contribution in [0.1, 0.15) is 19.4 Å². The Morgan fingerprint density at radius 2 is 2.18 bits per heavy atom. The first-order valence-corrected chi connectivity index (χ1v) is 6.05. The summed E-state index contributed by atoms with van der Waals surface area (Å²) in [5.74, 6) is 1.63. The summed E-state index contributed by atoms with van der Waals surface area (Å²) >= 11 is 0. The van der Waals surface area contributed by atoms with Crippen molar-refractivity contribution in [3.8, 4) is 0 Å². The van der Waals surface area contributed by atoms with Gasteiger partial charge in [0, 0.05) is 38.5 Å². The van der Waals surface area contributed by atoms with Crippen LogP contribution in [0.5, 0.6) is 0 Å². The maximum Gasteiger partial charge on any atom is 0.224 e. The second kappa shape index (κ2) is 7.06. The molecule has 5 heteroatoms. The van der Waals surface area contributed by atoms with Gasteiger partial charge in [0.15, 0.2) is 0 Å². The van der Waals surface area contributed by atoms with Crippen molar-refractivity contribution in [2.24, 2.45) is 0 Å². The molecule has 96 valence electrons.